The molecular weight excluding hydrogens is 326 g/mol. The monoisotopic (exact) mass is 361 g/mol. The van der Waals surface area contributed by atoms with E-state index in [1.54, 1.807) is 0 Å². The molecule has 1 heterocycles. The summed E-state index contributed by atoms with van der Waals surface area (Å²) in [4.78, 5) is 27.4. The van der Waals surface area contributed by atoms with E-state index in [9.17, 15) is 14.7 Å². The van der Waals surface area contributed by atoms with E-state index < -0.39 is 0 Å². The Morgan fingerprint density at radius 3 is 2.46 bits per heavy atom. The van der Waals surface area contributed by atoms with Crippen molar-refractivity contribution in [2.75, 3.05) is 13.2 Å². The number of amides is 1. The molecule has 0 aromatic heterocycles. The van der Waals surface area contributed by atoms with Crippen molar-refractivity contribution in [3.63, 3.8) is 0 Å². The summed E-state index contributed by atoms with van der Waals surface area (Å²) in [7, 11) is 0. The molecule has 0 aromatic rings. The number of hydrogen-bond donors (Lipinski definition) is 1. The number of ketones is 1. The van der Waals surface area contributed by atoms with Gasteiger partial charge in [-0.15, -0.1) is 0 Å². The van der Waals surface area contributed by atoms with E-state index in [2.05, 4.69) is 27.7 Å². The topological polar surface area (TPSA) is 57.6 Å². The highest BCUT2D eigenvalue weighted by molar-refractivity contribution is 5.98. The van der Waals surface area contributed by atoms with Gasteiger partial charge < -0.3 is 10.0 Å². The molecule has 4 heteroatoms. The number of β-amino-alcohol motifs (C(OH)–C–C–N with tert-alkyl or cyclic N) is 1. The van der Waals surface area contributed by atoms with Crippen molar-refractivity contribution in [3.05, 3.63) is 11.1 Å². The fourth-order valence-corrected chi connectivity index (χ4v) is 5.77. The summed E-state index contributed by atoms with van der Waals surface area (Å²) >= 11 is 0. The molecule has 26 heavy (non-hydrogen) atoms. The van der Waals surface area contributed by atoms with Crippen LogP contribution < -0.4 is 0 Å². The Bertz CT molecular complexity index is 607. The van der Waals surface area contributed by atoms with Crippen molar-refractivity contribution in [2.24, 2.45) is 23.2 Å². The summed E-state index contributed by atoms with van der Waals surface area (Å²) < 4.78 is 0. The number of aliphatic hydroxyl groups excluding tert-OH is 1. The highest BCUT2D eigenvalue weighted by Crippen LogP contribution is 2.53. The van der Waals surface area contributed by atoms with E-state index >= 15 is 0 Å². The molecule has 3 aliphatic rings. The lowest BCUT2D eigenvalue weighted by Crippen LogP contribution is -2.42. The van der Waals surface area contributed by atoms with Gasteiger partial charge >= 0.3 is 0 Å². The average molecular weight is 362 g/mol. The fourth-order valence-electron chi connectivity index (χ4n) is 5.77. The third-order valence-electron chi connectivity index (χ3n) is 7.14. The number of hydrogen-bond acceptors (Lipinski definition) is 3. The molecule has 2 aliphatic carbocycles. The van der Waals surface area contributed by atoms with Gasteiger partial charge in [-0.05, 0) is 60.8 Å². The number of carbonyl (C=O) groups excluding carboxylic acids is 2. The molecule has 0 unspecified atom stereocenters. The molecule has 4 nitrogen and oxygen atoms in total. The molecular formula is C22H35NO3. The lowest BCUT2D eigenvalue weighted by Gasteiger charge is -2.43. The quantitative estimate of drug-likeness (QED) is 0.815. The Labute approximate surface area is 158 Å². The smallest absolute Gasteiger partial charge is 0.250 e. The van der Waals surface area contributed by atoms with E-state index in [0.717, 1.165) is 37.7 Å². The number of aliphatic hydroxyl groups is 1. The van der Waals surface area contributed by atoms with Crippen LogP contribution in [0.5, 0.6) is 0 Å². The molecule has 0 spiro atoms. The van der Waals surface area contributed by atoms with Gasteiger partial charge in [0.15, 0.2) is 0 Å². The molecule has 1 fully saturated rings. The molecule has 1 N–H and O–H groups in total. The Morgan fingerprint density at radius 2 is 1.77 bits per heavy atom. The van der Waals surface area contributed by atoms with Crippen LogP contribution in [0.3, 0.4) is 0 Å². The lowest BCUT2D eigenvalue weighted by atomic mass is 9.62. The maximum Gasteiger partial charge on any atom is 0.250 e. The largest absolute Gasteiger partial charge is 0.395 e. The first kappa shape index (κ1) is 19.6. The fraction of sp³-hybridized carbons (Fsp3) is 0.818. The van der Waals surface area contributed by atoms with Gasteiger partial charge in [-0.1, -0.05) is 27.7 Å². The van der Waals surface area contributed by atoms with Crippen molar-refractivity contribution in [3.8, 4) is 0 Å². The van der Waals surface area contributed by atoms with Crippen molar-refractivity contribution in [2.45, 2.75) is 78.7 Å². The zero-order valence-corrected chi connectivity index (χ0v) is 16.9. The van der Waals surface area contributed by atoms with Gasteiger partial charge in [0.05, 0.1) is 12.6 Å². The number of rotatable bonds is 2. The van der Waals surface area contributed by atoms with Gasteiger partial charge in [-0.3, -0.25) is 9.59 Å². The summed E-state index contributed by atoms with van der Waals surface area (Å²) in [5.41, 5.74) is 2.34. The second-order valence-corrected chi connectivity index (χ2v) is 9.56. The second kappa shape index (κ2) is 7.46. The molecule has 2 bridgehead atoms. The molecule has 0 radical (unpaired) electrons. The first-order valence-electron chi connectivity index (χ1n) is 10.4. The van der Waals surface area contributed by atoms with E-state index in [0.29, 0.717) is 37.0 Å². The van der Waals surface area contributed by atoms with Crippen LogP contribution in [0, 0.1) is 23.2 Å². The number of fused-ring (bicyclic) bond motifs is 1. The second-order valence-electron chi connectivity index (χ2n) is 9.56. The number of nitrogens with zero attached hydrogens (tertiary/aromatic N) is 1. The van der Waals surface area contributed by atoms with Crippen LogP contribution in [0.2, 0.25) is 0 Å². The van der Waals surface area contributed by atoms with Crippen LogP contribution in [0.25, 0.3) is 0 Å². The Balaban J connectivity index is 2.00. The zero-order chi connectivity index (χ0) is 19.1. The Morgan fingerprint density at radius 1 is 1.08 bits per heavy atom. The molecule has 3 rings (SSSR count). The van der Waals surface area contributed by atoms with E-state index in [4.69, 9.17) is 0 Å². The molecule has 0 saturated heterocycles. The van der Waals surface area contributed by atoms with Gasteiger partial charge in [0, 0.05) is 25.0 Å². The molecule has 146 valence electrons. The third-order valence-corrected chi connectivity index (χ3v) is 7.14. The van der Waals surface area contributed by atoms with Gasteiger partial charge in [0.25, 0.3) is 0 Å². The first-order valence-corrected chi connectivity index (χ1v) is 10.4. The van der Waals surface area contributed by atoms with Crippen molar-refractivity contribution < 1.29 is 14.7 Å². The first-order chi connectivity index (χ1) is 12.3. The number of Topliss-reactive ketones (excluding diaryl/α,β-unsaturated/α-hetero) is 1. The minimum absolute atomic E-state index is 0.00250. The van der Waals surface area contributed by atoms with Gasteiger partial charge in [-0.25, -0.2) is 0 Å². The Kier molecular flexibility index (Phi) is 5.62. The summed E-state index contributed by atoms with van der Waals surface area (Å²) in [5.74, 6) is 1.77. The average Bonchev–Trinajstić information content (AvgIpc) is 2.79. The van der Waals surface area contributed by atoms with Crippen molar-refractivity contribution >= 4 is 11.7 Å². The standard InChI is InChI=1S/C22H35NO3/c1-14-5-6-16-7-8-18-20(22(16,3)4)19(23(9-10-24)21(18)26)13-15(2)12-17(25)11-14/h14-16,19,24H,5-13H2,1-4H3/t14-,15-,16+,19+/m0/s1. The SMILES string of the molecule is C[C@H]1CC[C@@H]2CCC3=C([C@@H](C[C@@H](C)CC(=O)C1)N(CCO)C3=O)C2(C)C. The maximum atomic E-state index is 13.1. The molecule has 0 aromatic carbocycles. The van der Waals surface area contributed by atoms with Gasteiger partial charge in [0.2, 0.25) is 5.91 Å². The third kappa shape index (κ3) is 3.49. The van der Waals surface area contributed by atoms with Crippen molar-refractivity contribution in [1.82, 2.24) is 4.90 Å². The predicted molar refractivity (Wildman–Crippen MR) is 103 cm³/mol. The van der Waals surface area contributed by atoms with E-state index in [1.807, 2.05) is 4.90 Å². The molecule has 1 amide bonds. The van der Waals surface area contributed by atoms with Gasteiger partial charge in [0.1, 0.15) is 5.78 Å². The van der Waals surface area contributed by atoms with Crippen LogP contribution in [-0.2, 0) is 9.59 Å². The number of carbonyl (C=O) groups is 2. The van der Waals surface area contributed by atoms with Crippen LogP contribution >= 0.6 is 0 Å². The Hall–Kier alpha value is -1.16. The summed E-state index contributed by atoms with van der Waals surface area (Å²) in [6.45, 7) is 9.39. The van der Waals surface area contributed by atoms with Gasteiger partial charge in [-0.2, -0.15) is 0 Å². The minimum atomic E-state index is -0.00250. The lowest BCUT2D eigenvalue weighted by molar-refractivity contribution is -0.127. The molecule has 4 atom stereocenters. The summed E-state index contributed by atoms with van der Waals surface area (Å²) in [5, 5.41) is 9.51. The van der Waals surface area contributed by atoms with Crippen LogP contribution in [0.15, 0.2) is 11.1 Å². The minimum Gasteiger partial charge on any atom is -0.395 e. The predicted octanol–water partition coefficient (Wildman–Crippen LogP) is 3.73. The highest BCUT2D eigenvalue weighted by Gasteiger charge is 2.50. The van der Waals surface area contributed by atoms with Crippen LogP contribution in [-0.4, -0.2) is 40.9 Å². The molecule has 1 aliphatic heterocycles. The maximum absolute atomic E-state index is 13.1. The summed E-state index contributed by atoms with van der Waals surface area (Å²) in [6, 6.07) is 0.0575. The molecule has 1 saturated carbocycles. The van der Waals surface area contributed by atoms with Crippen LogP contribution in [0.1, 0.15) is 72.6 Å². The van der Waals surface area contributed by atoms with Crippen molar-refractivity contribution in [1.29, 1.82) is 0 Å². The highest BCUT2D eigenvalue weighted by atomic mass is 16.3. The zero-order valence-electron chi connectivity index (χ0n) is 16.9. The summed E-state index contributed by atoms with van der Waals surface area (Å²) in [6.07, 6.45) is 6.30. The van der Waals surface area contributed by atoms with Crippen LogP contribution in [0.4, 0.5) is 0 Å². The normalized spacial score (nSPS) is 35.3. The van der Waals surface area contributed by atoms with E-state index in [-0.39, 0.29) is 29.9 Å². The van der Waals surface area contributed by atoms with E-state index in [1.165, 1.54) is 5.57 Å².